The summed E-state index contributed by atoms with van der Waals surface area (Å²) >= 11 is 0. The lowest BCUT2D eigenvalue weighted by atomic mass is 10.2. The maximum Gasteiger partial charge on any atom is 0.328 e. The van der Waals surface area contributed by atoms with Gasteiger partial charge >= 0.3 is 5.97 Å². The Morgan fingerprint density at radius 3 is 2.78 bits per heavy atom. The zero-order chi connectivity index (χ0) is 13.1. The molecule has 0 aliphatic heterocycles. The van der Waals surface area contributed by atoms with Gasteiger partial charge in [0.1, 0.15) is 0 Å². The molecule has 0 spiro atoms. The van der Waals surface area contributed by atoms with Crippen molar-refractivity contribution in [3.8, 4) is 11.5 Å². The first-order valence-corrected chi connectivity index (χ1v) is 5.25. The van der Waals surface area contributed by atoms with Crippen LogP contribution in [0.4, 0.5) is 0 Å². The molecule has 0 amide bonds. The molecule has 0 radical (unpaired) electrons. The van der Waals surface area contributed by atoms with E-state index in [0.29, 0.717) is 5.89 Å². The van der Waals surface area contributed by atoms with Crippen LogP contribution in [0.2, 0.25) is 0 Å². The van der Waals surface area contributed by atoms with Gasteiger partial charge in [-0.2, -0.15) is 0 Å². The Labute approximate surface area is 103 Å². The normalized spacial score (nSPS) is 11.0. The van der Waals surface area contributed by atoms with Gasteiger partial charge in [0.15, 0.2) is 0 Å². The van der Waals surface area contributed by atoms with Gasteiger partial charge < -0.3 is 9.52 Å². The summed E-state index contributed by atoms with van der Waals surface area (Å²) in [5.41, 5.74) is 2.43. The Hall–Kier alpha value is -2.50. The summed E-state index contributed by atoms with van der Waals surface area (Å²) in [6.07, 6.45) is 2.19. The second-order valence-electron chi connectivity index (χ2n) is 3.70. The third-order valence-electron chi connectivity index (χ3n) is 2.26. The van der Waals surface area contributed by atoms with E-state index < -0.39 is 5.97 Å². The van der Waals surface area contributed by atoms with E-state index in [-0.39, 0.29) is 5.89 Å². The average molecular weight is 245 g/mol. The third-order valence-corrected chi connectivity index (χ3v) is 2.26. The molecule has 2 aromatic heterocycles. The van der Waals surface area contributed by atoms with Crippen LogP contribution in [0.1, 0.15) is 17.3 Å². The molecule has 1 N–H and O–H groups in total. The van der Waals surface area contributed by atoms with Crippen molar-refractivity contribution in [2.24, 2.45) is 0 Å². The number of nitrogens with zero attached hydrogens (tertiary/aromatic N) is 3. The number of hydrogen-bond donors (Lipinski definition) is 1. The van der Waals surface area contributed by atoms with E-state index in [1.807, 2.05) is 26.0 Å². The summed E-state index contributed by atoms with van der Waals surface area (Å²) in [7, 11) is 0. The van der Waals surface area contributed by atoms with Gasteiger partial charge in [0.2, 0.25) is 11.8 Å². The van der Waals surface area contributed by atoms with Crippen LogP contribution in [0.15, 0.2) is 22.6 Å². The molecule has 18 heavy (non-hydrogen) atoms. The minimum atomic E-state index is -1.07. The molecule has 0 aliphatic rings. The fourth-order valence-corrected chi connectivity index (χ4v) is 1.47. The molecule has 6 nitrogen and oxygen atoms in total. The topological polar surface area (TPSA) is 89.1 Å². The summed E-state index contributed by atoms with van der Waals surface area (Å²) in [5.74, 6) is -0.597. The van der Waals surface area contributed by atoms with E-state index in [9.17, 15) is 4.79 Å². The monoisotopic (exact) mass is 245 g/mol. The maximum absolute atomic E-state index is 10.4. The van der Waals surface area contributed by atoms with Crippen molar-refractivity contribution < 1.29 is 14.3 Å². The van der Waals surface area contributed by atoms with Gasteiger partial charge in [-0.1, -0.05) is 0 Å². The van der Waals surface area contributed by atoms with Crippen LogP contribution in [0, 0.1) is 13.8 Å². The maximum atomic E-state index is 10.4. The highest BCUT2D eigenvalue weighted by molar-refractivity contribution is 5.84. The first-order valence-electron chi connectivity index (χ1n) is 5.25. The van der Waals surface area contributed by atoms with E-state index >= 15 is 0 Å². The van der Waals surface area contributed by atoms with Crippen LogP contribution in [0.25, 0.3) is 17.5 Å². The fraction of sp³-hybridized carbons (Fsp3) is 0.167. The van der Waals surface area contributed by atoms with Crippen LogP contribution < -0.4 is 0 Å². The standard InChI is InChI=1S/C12H11N3O3/c1-7-3-4-9(8(2)13-7)12-15-14-10(18-12)5-6-11(16)17/h3-6H,1-2H3,(H,16,17)/b6-5+. The largest absolute Gasteiger partial charge is 0.478 e. The van der Waals surface area contributed by atoms with Gasteiger partial charge in [-0.25, -0.2) is 4.79 Å². The molecule has 0 unspecified atom stereocenters. The number of aromatic nitrogens is 3. The molecule has 0 bridgehead atoms. The molecule has 0 aliphatic carbocycles. The van der Waals surface area contributed by atoms with Crippen LogP contribution in [0.3, 0.4) is 0 Å². The highest BCUT2D eigenvalue weighted by atomic mass is 16.4. The number of pyridine rings is 1. The molecule has 2 heterocycles. The quantitative estimate of drug-likeness (QED) is 0.830. The van der Waals surface area contributed by atoms with E-state index in [0.717, 1.165) is 23.0 Å². The molecule has 0 fully saturated rings. The van der Waals surface area contributed by atoms with Crippen molar-refractivity contribution in [3.63, 3.8) is 0 Å². The lowest BCUT2D eigenvalue weighted by molar-refractivity contribution is -0.131. The van der Waals surface area contributed by atoms with Crippen molar-refractivity contribution in [2.45, 2.75) is 13.8 Å². The second-order valence-corrected chi connectivity index (χ2v) is 3.70. The predicted octanol–water partition coefficient (Wildman–Crippen LogP) is 1.85. The summed E-state index contributed by atoms with van der Waals surface area (Å²) in [6.45, 7) is 3.74. The van der Waals surface area contributed by atoms with Gasteiger partial charge in [0, 0.05) is 17.8 Å². The molecule has 0 atom stereocenters. The number of hydrogen-bond acceptors (Lipinski definition) is 5. The Balaban J connectivity index is 2.32. The molecule has 2 rings (SSSR count). The SMILES string of the molecule is Cc1ccc(-c2nnc(/C=C/C(=O)O)o2)c(C)n1. The van der Waals surface area contributed by atoms with Crippen molar-refractivity contribution in [2.75, 3.05) is 0 Å². The summed E-state index contributed by atoms with van der Waals surface area (Å²) in [5, 5.41) is 16.1. The summed E-state index contributed by atoms with van der Waals surface area (Å²) in [6, 6.07) is 3.69. The van der Waals surface area contributed by atoms with Crippen LogP contribution in [-0.2, 0) is 4.79 Å². The van der Waals surface area contributed by atoms with Crippen LogP contribution in [0.5, 0.6) is 0 Å². The molecule has 2 aromatic rings. The van der Waals surface area contributed by atoms with E-state index in [1.54, 1.807) is 0 Å². The Bertz CT molecular complexity index is 617. The lowest BCUT2D eigenvalue weighted by Gasteiger charge is -2.00. The van der Waals surface area contributed by atoms with Crippen LogP contribution >= 0.6 is 0 Å². The van der Waals surface area contributed by atoms with Gasteiger partial charge in [-0.05, 0) is 26.0 Å². The first-order chi connectivity index (χ1) is 8.56. The Morgan fingerprint density at radius 2 is 2.11 bits per heavy atom. The summed E-state index contributed by atoms with van der Waals surface area (Å²) < 4.78 is 5.33. The van der Waals surface area contributed by atoms with Gasteiger partial charge in [-0.15, -0.1) is 10.2 Å². The highest BCUT2D eigenvalue weighted by Crippen LogP contribution is 2.21. The average Bonchev–Trinajstić information content (AvgIpc) is 2.75. The lowest BCUT2D eigenvalue weighted by Crippen LogP contribution is -1.90. The van der Waals surface area contributed by atoms with Crippen molar-refractivity contribution in [1.29, 1.82) is 0 Å². The van der Waals surface area contributed by atoms with Gasteiger partial charge in [0.25, 0.3) is 0 Å². The minimum absolute atomic E-state index is 0.146. The van der Waals surface area contributed by atoms with E-state index in [4.69, 9.17) is 9.52 Å². The number of carboxylic acid groups (broad SMARTS) is 1. The molecule has 0 saturated heterocycles. The highest BCUT2D eigenvalue weighted by Gasteiger charge is 2.10. The van der Waals surface area contributed by atoms with Crippen molar-refractivity contribution in [3.05, 3.63) is 35.5 Å². The van der Waals surface area contributed by atoms with Crippen molar-refractivity contribution >= 4 is 12.0 Å². The van der Waals surface area contributed by atoms with Crippen molar-refractivity contribution in [1.82, 2.24) is 15.2 Å². The zero-order valence-corrected chi connectivity index (χ0v) is 9.91. The van der Waals surface area contributed by atoms with Gasteiger partial charge in [-0.3, -0.25) is 4.98 Å². The molecular formula is C12H11N3O3. The predicted molar refractivity (Wildman–Crippen MR) is 63.7 cm³/mol. The van der Waals surface area contributed by atoms with Crippen LogP contribution in [-0.4, -0.2) is 26.3 Å². The first kappa shape index (κ1) is 12.0. The summed E-state index contributed by atoms with van der Waals surface area (Å²) in [4.78, 5) is 14.6. The Kier molecular flexibility index (Phi) is 3.18. The number of aliphatic carboxylic acids is 1. The minimum Gasteiger partial charge on any atom is -0.478 e. The zero-order valence-electron chi connectivity index (χ0n) is 9.91. The number of carbonyl (C=O) groups is 1. The number of rotatable bonds is 3. The molecular weight excluding hydrogens is 234 g/mol. The second kappa shape index (κ2) is 4.79. The smallest absolute Gasteiger partial charge is 0.328 e. The molecule has 0 aromatic carbocycles. The molecule has 92 valence electrons. The van der Waals surface area contributed by atoms with Gasteiger partial charge in [0.05, 0.1) is 11.3 Å². The van der Waals surface area contributed by atoms with E-state index in [2.05, 4.69) is 15.2 Å². The molecule has 6 heteroatoms. The Morgan fingerprint density at radius 1 is 1.33 bits per heavy atom. The fourth-order valence-electron chi connectivity index (χ4n) is 1.47. The molecule has 0 saturated carbocycles. The van der Waals surface area contributed by atoms with E-state index in [1.165, 1.54) is 6.08 Å². The number of aryl methyl sites for hydroxylation is 2. The number of carboxylic acids is 1. The third kappa shape index (κ3) is 2.60.